The van der Waals surface area contributed by atoms with Crippen molar-refractivity contribution in [3.05, 3.63) is 62.9 Å². The van der Waals surface area contributed by atoms with Crippen molar-refractivity contribution < 1.29 is 14.3 Å². The van der Waals surface area contributed by atoms with Crippen molar-refractivity contribution in [3.8, 4) is 0 Å². The Bertz CT molecular complexity index is 976. The third kappa shape index (κ3) is 6.80. The largest absolute Gasteiger partial charge is 0.464 e. The molecule has 0 fully saturated rings. The molecule has 0 saturated carbocycles. The van der Waals surface area contributed by atoms with Crippen LogP contribution in [0.15, 0.2) is 36.4 Å². The first-order valence-corrected chi connectivity index (χ1v) is 13.0. The molecule has 33 heavy (non-hydrogen) atoms. The predicted octanol–water partition coefficient (Wildman–Crippen LogP) is 7.85. The van der Waals surface area contributed by atoms with Crippen LogP contribution in [-0.2, 0) is 27.1 Å². The van der Waals surface area contributed by atoms with E-state index < -0.39 is 11.7 Å². The lowest BCUT2D eigenvalue weighted by Crippen LogP contribution is -2.29. The molecule has 180 valence electrons. The highest BCUT2D eigenvalue weighted by Gasteiger charge is 2.35. The molecule has 0 bridgehead atoms. The van der Waals surface area contributed by atoms with Crippen molar-refractivity contribution in [2.45, 2.75) is 92.3 Å². The average Bonchev–Trinajstić information content (AvgIpc) is 3.06. The van der Waals surface area contributed by atoms with Gasteiger partial charge in [-0.15, -0.1) is 11.3 Å². The molecule has 0 saturated heterocycles. The molecule has 0 aliphatic heterocycles. The van der Waals surface area contributed by atoms with Gasteiger partial charge in [-0.3, -0.25) is 0 Å². The summed E-state index contributed by atoms with van der Waals surface area (Å²) in [4.78, 5) is 15.6. The van der Waals surface area contributed by atoms with Gasteiger partial charge in [0.25, 0.3) is 0 Å². The normalized spacial score (nSPS) is 16.9. The number of hydrogen-bond donors (Lipinski definition) is 0. The van der Waals surface area contributed by atoms with E-state index in [0.29, 0.717) is 12.0 Å². The molecule has 1 unspecified atom stereocenters. The standard InChI is InChI=1S/C29H40O3S/c1-8-31-27(30)26(32-28(3,4)5)24-20(2)33-23(15-14-21-12-10-9-11-13-21)25(24)22-16-18-29(6,7)19-17-22/h9-13,16,26H,8,14-15,17-19H2,1-7H3. The molecular weight excluding hydrogens is 428 g/mol. The fourth-order valence-corrected chi connectivity index (χ4v) is 5.70. The molecule has 2 aromatic rings. The van der Waals surface area contributed by atoms with E-state index in [1.54, 1.807) is 0 Å². The molecule has 1 heterocycles. The zero-order valence-corrected chi connectivity index (χ0v) is 22.2. The molecule has 1 aromatic carbocycles. The number of rotatable bonds is 8. The number of carbonyl (C=O) groups excluding carboxylic acids is 1. The number of thiophene rings is 1. The van der Waals surface area contributed by atoms with E-state index in [1.807, 2.05) is 39.0 Å². The van der Waals surface area contributed by atoms with E-state index in [1.165, 1.54) is 21.6 Å². The van der Waals surface area contributed by atoms with Crippen LogP contribution in [0, 0.1) is 12.3 Å². The van der Waals surface area contributed by atoms with Gasteiger partial charge in [0.05, 0.1) is 12.2 Å². The Kier molecular flexibility index (Phi) is 8.23. The van der Waals surface area contributed by atoms with Crippen LogP contribution < -0.4 is 0 Å². The number of carbonyl (C=O) groups is 1. The highest BCUT2D eigenvalue weighted by atomic mass is 32.1. The first-order chi connectivity index (χ1) is 15.5. The van der Waals surface area contributed by atoms with Crippen molar-refractivity contribution in [1.82, 2.24) is 0 Å². The summed E-state index contributed by atoms with van der Waals surface area (Å²) in [6.07, 6.45) is 6.86. The van der Waals surface area contributed by atoms with E-state index in [9.17, 15) is 4.79 Å². The molecule has 3 rings (SSSR count). The van der Waals surface area contributed by atoms with Crippen LogP contribution in [0.4, 0.5) is 0 Å². The highest BCUT2D eigenvalue weighted by molar-refractivity contribution is 7.12. The van der Waals surface area contributed by atoms with E-state index in [2.05, 4.69) is 57.2 Å². The molecule has 0 spiro atoms. The summed E-state index contributed by atoms with van der Waals surface area (Å²) in [5, 5.41) is 0. The second-order valence-corrected chi connectivity index (χ2v) is 12.1. The number of benzene rings is 1. The quantitative estimate of drug-likeness (QED) is 0.370. The molecule has 1 aromatic heterocycles. The molecule has 1 aliphatic carbocycles. The van der Waals surface area contributed by atoms with E-state index >= 15 is 0 Å². The third-order valence-corrected chi connectivity index (χ3v) is 7.40. The van der Waals surface area contributed by atoms with Gasteiger partial charge in [-0.05, 0) is 88.8 Å². The summed E-state index contributed by atoms with van der Waals surface area (Å²) in [5.41, 5.74) is 4.82. The van der Waals surface area contributed by atoms with Gasteiger partial charge >= 0.3 is 5.97 Å². The van der Waals surface area contributed by atoms with Gasteiger partial charge in [0.1, 0.15) is 0 Å². The Morgan fingerprint density at radius 1 is 1.15 bits per heavy atom. The summed E-state index contributed by atoms with van der Waals surface area (Å²) in [7, 11) is 0. The minimum Gasteiger partial charge on any atom is -0.464 e. The van der Waals surface area contributed by atoms with Crippen LogP contribution in [0.2, 0.25) is 0 Å². The van der Waals surface area contributed by atoms with Crippen molar-refractivity contribution in [2.24, 2.45) is 5.41 Å². The molecule has 3 nitrogen and oxygen atoms in total. The monoisotopic (exact) mass is 468 g/mol. The zero-order valence-electron chi connectivity index (χ0n) is 21.4. The fraction of sp³-hybridized carbons (Fsp3) is 0.552. The molecule has 0 amide bonds. The summed E-state index contributed by atoms with van der Waals surface area (Å²) in [6.45, 7) is 15.0. The van der Waals surface area contributed by atoms with Crippen molar-refractivity contribution in [2.75, 3.05) is 6.61 Å². The van der Waals surface area contributed by atoms with Crippen molar-refractivity contribution >= 4 is 22.9 Å². The van der Waals surface area contributed by atoms with E-state index in [-0.39, 0.29) is 5.97 Å². The first-order valence-electron chi connectivity index (χ1n) is 12.2. The lowest BCUT2D eigenvalue weighted by Gasteiger charge is -2.31. The van der Waals surface area contributed by atoms with Crippen LogP contribution in [0.5, 0.6) is 0 Å². The van der Waals surface area contributed by atoms with Crippen LogP contribution >= 0.6 is 11.3 Å². The van der Waals surface area contributed by atoms with Crippen LogP contribution in [0.25, 0.3) is 5.57 Å². The average molecular weight is 469 g/mol. The number of hydrogen-bond acceptors (Lipinski definition) is 4. The zero-order chi connectivity index (χ0) is 24.2. The molecular formula is C29H40O3S. The second kappa shape index (κ2) is 10.6. The smallest absolute Gasteiger partial charge is 0.340 e. The number of aryl methyl sites for hydroxylation is 3. The topological polar surface area (TPSA) is 35.5 Å². The van der Waals surface area contributed by atoms with Gasteiger partial charge in [-0.1, -0.05) is 50.3 Å². The predicted molar refractivity (Wildman–Crippen MR) is 139 cm³/mol. The molecule has 1 aliphatic rings. The third-order valence-electron chi connectivity index (χ3n) is 6.21. The maximum atomic E-state index is 13.1. The van der Waals surface area contributed by atoms with Crippen LogP contribution in [-0.4, -0.2) is 18.2 Å². The molecule has 4 heteroatoms. The van der Waals surface area contributed by atoms with Gasteiger partial charge in [-0.2, -0.15) is 0 Å². The fourth-order valence-electron chi connectivity index (χ4n) is 4.46. The Morgan fingerprint density at radius 3 is 2.42 bits per heavy atom. The number of allylic oxidation sites excluding steroid dienone is 2. The summed E-state index contributed by atoms with van der Waals surface area (Å²) in [5.74, 6) is -0.291. The molecule has 0 N–H and O–H groups in total. The summed E-state index contributed by atoms with van der Waals surface area (Å²) in [6, 6.07) is 10.6. The molecule has 1 atom stereocenters. The van der Waals surface area contributed by atoms with E-state index in [4.69, 9.17) is 9.47 Å². The van der Waals surface area contributed by atoms with Gasteiger partial charge in [-0.25, -0.2) is 4.79 Å². The minimum atomic E-state index is -0.711. The SMILES string of the molecule is CCOC(=O)C(OC(C)(C)C)c1c(C)sc(CCc2ccccc2)c1C1=CCC(C)(C)CC1. The number of ether oxygens (including phenoxy) is 2. The first kappa shape index (κ1) is 25.7. The second-order valence-electron chi connectivity index (χ2n) is 10.8. The minimum absolute atomic E-state index is 0.291. The molecule has 0 radical (unpaired) electrons. The number of esters is 1. The maximum absolute atomic E-state index is 13.1. The Hall–Kier alpha value is -1.91. The lowest BCUT2D eigenvalue weighted by molar-refractivity contribution is -0.166. The summed E-state index contributed by atoms with van der Waals surface area (Å²) < 4.78 is 11.9. The highest BCUT2D eigenvalue weighted by Crippen LogP contribution is 2.46. The van der Waals surface area contributed by atoms with Crippen LogP contribution in [0.1, 0.15) is 93.4 Å². The lowest BCUT2D eigenvalue weighted by atomic mass is 9.76. The maximum Gasteiger partial charge on any atom is 0.340 e. The van der Waals surface area contributed by atoms with Crippen molar-refractivity contribution in [3.63, 3.8) is 0 Å². The summed E-state index contributed by atoms with van der Waals surface area (Å²) >= 11 is 1.81. The van der Waals surface area contributed by atoms with E-state index in [0.717, 1.165) is 42.5 Å². The Balaban J connectivity index is 2.08. The van der Waals surface area contributed by atoms with Gasteiger partial charge in [0.15, 0.2) is 6.10 Å². The Labute approximate surface area is 204 Å². The van der Waals surface area contributed by atoms with Gasteiger partial charge in [0, 0.05) is 15.3 Å². The van der Waals surface area contributed by atoms with Crippen LogP contribution in [0.3, 0.4) is 0 Å². The van der Waals surface area contributed by atoms with Crippen molar-refractivity contribution in [1.29, 1.82) is 0 Å². The Morgan fingerprint density at radius 2 is 1.85 bits per heavy atom. The van der Waals surface area contributed by atoms with Gasteiger partial charge in [0.2, 0.25) is 0 Å². The van der Waals surface area contributed by atoms with Gasteiger partial charge < -0.3 is 9.47 Å².